The molecule has 0 saturated heterocycles. The largest absolute Gasteiger partial charge is 0.390 e. The van der Waals surface area contributed by atoms with Crippen LogP contribution in [0.1, 0.15) is 11.3 Å². The van der Waals surface area contributed by atoms with Crippen LogP contribution in [0.3, 0.4) is 0 Å². The minimum Gasteiger partial charge on any atom is -0.358 e. The molecule has 3 heterocycles. The molecular formula is C25H27BrN9O3+. The molecule has 3 aromatic heterocycles. The quantitative estimate of drug-likeness (QED) is 0.129. The van der Waals surface area contributed by atoms with E-state index in [1.54, 1.807) is 30.0 Å². The van der Waals surface area contributed by atoms with Gasteiger partial charge in [-0.1, -0.05) is 22.0 Å². The maximum atomic E-state index is 12.6. The second-order valence-corrected chi connectivity index (χ2v) is 10.3. The van der Waals surface area contributed by atoms with E-state index in [2.05, 4.69) is 46.5 Å². The summed E-state index contributed by atoms with van der Waals surface area (Å²) in [4.78, 5) is 40.1. The van der Waals surface area contributed by atoms with E-state index in [0.29, 0.717) is 45.8 Å². The van der Waals surface area contributed by atoms with E-state index in [0.717, 1.165) is 15.7 Å². The average molecular weight is 581 g/mol. The van der Waals surface area contributed by atoms with Crippen LogP contribution in [0.25, 0.3) is 10.9 Å². The highest BCUT2D eigenvalue weighted by Gasteiger charge is 2.26. The lowest BCUT2D eigenvalue weighted by Crippen LogP contribution is -2.39. The summed E-state index contributed by atoms with van der Waals surface area (Å²) in [7, 11) is 5.57. The number of rotatable bonds is 9. The molecule has 4 rings (SSSR count). The van der Waals surface area contributed by atoms with Gasteiger partial charge in [0.1, 0.15) is 24.5 Å². The fourth-order valence-corrected chi connectivity index (χ4v) is 4.17. The number of nitro groups is 1. The maximum absolute atomic E-state index is 12.6. The van der Waals surface area contributed by atoms with Gasteiger partial charge in [0.05, 0.1) is 32.4 Å². The normalized spacial score (nSPS) is 11.7. The number of carbonyl (C=O) groups is 1. The minimum absolute atomic E-state index is 0.157. The SMILES string of the molecule is Cc1ccc(Nc2ncnc3cnc(NC(=O)/C=C/C[N+](C)(C)Cc4c([N+](=O)[O-])ncn4C)cc23)cc1Br. The molecular weight excluding hydrogens is 554 g/mol. The molecule has 0 aliphatic heterocycles. The number of pyridine rings is 1. The van der Waals surface area contributed by atoms with Crippen molar-refractivity contribution in [3.8, 4) is 0 Å². The highest BCUT2D eigenvalue weighted by Crippen LogP contribution is 2.27. The number of carbonyl (C=O) groups excluding carboxylic acids is 1. The Morgan fingerprint density at radius 2 is 2.00 bits per heavy atom. The minimum atomic E-state index is -0.485. The number of nitrogens with zero attached hydrogens (tertiary/aromatic N) is 7. The van der Waals surface area contributed by atoms with E-state index in [1.165, 1.54) is 18.7 Å². The number of aryl methyl sites for hydroxylation is 2. The number of likely N-dealkylation sites (N-methyl/N-ethyl adjacent to an activating group) is 1. The molecule has 38 heavy (non-hydrogen) atoms. The zero-order chi connectivity index (χ0) is 27.4. The zero-order valence-electron chi connectivity index (χ0n) is 21.3. The number of benzene rings is 1. The molecule has 1 aromatic carbocycles. The van der Waals surface area contributed by atoms with Crippen LogP contribution in [-0.4, -0.2) is 60.5 Å². The summed E-state index contributed by atoms with van der Waals surface area (Å²) in [6.45, 7) is 2.85. The van der Waals surface area contributed by atoms with Crippen molar-refractivity contribution in [3.05, 3.63) is 81.1 Å². The van der Waals surface area contributed by atoms with Crippen molar-refractivity contribution in [1.82, 2.24) is 24.5 Å². The standard InChI is InChI=1S/C25H26BrN9O3/c1-16-7-8-17(10-19(16)26)31-24-18-11-22(27-12-20(18)28-14-29-24)32-23(36)6-5-9-35(3,4)13-21-25(34(37)38)30-15-33(21)2/h5-8,10-12,14-15H,9,13H2,1-4H3,(H-,27,28,29,31,32,36)/p+1/b6-5+. The Morgan fingerprint density at radius 1 is 1.21 bits per heavy atom. The summed E-state index contributed by atoms with van der Waals surface area (Å²) < 4.78 is 3.01. The summed E-state index contributed by atoms with van der Waals surface area (Å²) in [5, 5.41) is 18.0. The molecule has 0 aliphatic rings. The molecule has 0 fully saturated rings. The smallest absolute Gasteiger partial charge is 0.358 e. The first-order chi connectivity index (χ1) is 18.0. The van der Waals surface area contributed by atoms with E-state index in [9.17, 15) is 14.9 Å². The van der Waals surface area contributed by atoms with Crippen LogP contribution < -0.4 is 10.6 Å². The lowest BCUT2D eigenvalue weighted by atomic mass is 10.2. The predicted octanol–water partition coefficient (Wildman–Crippen LogP) is 4.25. The average Bonchev–Trinajstić information content (AvgIpc) is 3.21. The molecule has 196 valence electrons. The number of hydrogen-bond donors (Lipinski definition) is 2. The Hall–Kier alpha value is -4.23. The summed E-state index contributed by atoms with van der Waals surface area (Å²) in [6.07, 6.45) is 7.61. The van der Waals surface area contributed by atoms with Gasteiger partial charge in [-0.25, -0.2) is 15.0 Å². The van der Waals surface area contributed by atoms with Gasteiger partial charge in [-0.15, -0.1) is 0 Å². The van der Waals surface area contributed by atoms with E-state index in [-0.39, 0.29) is 11.7 Å². The maximum Gasteiger partial charge on any atom is 0.390 e. The van der Waals surface area contributed by atoms with Crippen LogP contribution in [0.4, 0.5) is 23.1 Å². The number of quaternary nitrogens is 1. The molecule has 0 spiro atoms. The molecule has 2 N–H and O–H groups in total. The Balaban J connectivity index is 1.44. The summed E-state index contributed by atoms with van der Waals surface area (Å²) in [6, 6.07) is 7.63. The van der Waals surface area contributed by atoms with Gasteiger partial charge >= 0.3 is 5.82 Å². The van der Waals surface area contributed by atoms with Crippen LogP contribution in [0.15, 0.2) is 59.7 Å². The second kappa shape index (κ2) is 11.0. The summed E-state index contributed by atoms with van der Waals surface area (Å²) in [5.41, 5.74) is 3.11. The Kier molecular flexibility index (Phi) is 7.78. The highest BCUT2D eigenvalue weighted by molar-refractivity contribution is 9.10. The fraction of sp³-hybridized carbons (Fsp3) is 0.240. The van der Waals surface area contributed by atoms with Crippen molar-refractivity contribution in [2.45, 2.75) is 13.5 Å². The number of aromatic nitrogens is 5. The van der Waals surface area contributed by atoms with E-state index in [4.69, 9.17) is 0 Å². The summed E-state index contributed by atoms with van der Waals surface area (Å²) in [5.74, 6) is 0.435. The molecule has 1 amide bonds. The number of hydrogen-bond acceptors (Lipinski definition) is 8. The van der Waals surface area contributed by atoms with Gasteiger partial charge in [0.2, 0.25) is 12.2 Å². The van der Waals surface area contributed by atoms with Crippen molar-refractivity contribution in [3.63, 3.8) is 0 Å². The van der Waals surface area contributed by atoms with Gasteiger partial charge in [0, 0.05) is 28.7 Å². The predicted molar refractivity (Wildman–Crippen MR) is 148 cm³/mol. The van der Waals surface area contributed by atoms with Gasteiger partial charge in [-0.3, -0.25) is 4.79 Å². The number of fused-ring (bicyclic) bond motifs is 1. The lowest BCUT2D eigenvalue weighted by Gasteiger charge is -2.27. The molecule has 0 saturated carbocycles. The third kappa shape index (κ3) is 6.36. The van der Waals surface area contributed by atoms with Gasteiger partial charge < -0.3 is 29.8 Å². The van der Waals surface area contributed by atoms with Crippen LogP contribution in [0.2, 0.25) is 0 Å². The second-order valence-electron chi connectivity index (χ2n) is 9.45. The number of halogens is 1. The third-order valence-electron chi connectivity index (χ3n) is 5.86. The molecule has 12 nitrogen and oxygen atoms in total. The number of imidazole rings is 1. The molecule has 0 aliphatic carbocycles. The van der Waals surface area contributed by atoms with Crippen molar-refractivity contribution in [2.75, 3.05) is 31.3 Å². The van der Waals surface area contributed by atoms with E-state index < -0.39 is 4.92 Å². The Bertz CT molecular complexity index is 1550. The van der Waals surface area contributed by atoms with Crippen LogP contribution in [-0.2, 0) is 18.4 Å². The number of amides is 1. The van der Waals surface area contributed by atoms with Crippen molar-refractivity contribution >= 4 is 55.9 Å². The summed E-state index contributed by atoms with van der Waals surface area (Å²) >= 11 is 3.54. The van der Waals surface area contributed by atoms with Gasteiger partial charge in [-0.2, -0.15) is 0 Å². The first-order valence-corrected chi connectivity index (χ1v) is 12.4. The number of anilines is 3. The van der Waals surface area contributed by atoms with Gasteiger partial charge in [0.25, 0.3) is 0 Å². The molecule has 0 bridgehead atoms. The van der Waals surface area contributed by atoms with Crippen molar-refractivity contribution < 1.29 is 14.2 Å². The van der Waals surface area contributed by atoms with E-state index in [1.807, 2.05) is 39.2 Å². The molecule has 0 radical (unpaired) electrons. The molecule has 0 atom stereocenters. The molecule has 0 unspecified atom stereocenters. The number of nitrogens with one attached hydrogen (secondary N) is 2. The Labute approximate surface area is 227 Å². The zero-order valence-corrected chi connectivity index (χ0v) is 22.9. The van der Waals surface area contributed by atoms with Gasteiger partial charge in [-0.05, 0) is 46.7 Å². The first kappa shape index (κ1) is 26.8. The highest BCUT2D eigenvalue weighted by atomic mass is 79.9. The first-order valence-electron chi connectivity index (χ1n) is 11.6. The van der Waals surface area contributed by atoms with Crippen LogP contribution in [0.5, 0.6) is 0 Å². The van der Waals surface area contributed by atoms with E-state index >= 15 is 0 Å². The van der Waals surface area contributed by atoms with Crippen molar-refractivity contribution in [1.29, 1.82) is 0 Å². The third-order valence-corrected chi connectivity index (χ3v) is 6.72. The molecule has 13 heteroatoms. The monoisotopic (exact) mass is 580 g/mol. The molecule has 4 aromatic rings. The van der Waals surface area contributed by atoms with Crippen LogP contribution >= 0.6 is 15.9 Å². The Morgan fingerprint density at radius 3 is 2.74 bits per heavy atom. The topological polar surface area (TPSA) is 141 Å². The van der Waals surface area contributed by atoms with Crippen molar-refractivity contribution in [2.24, 2.45) is 7.05 Å². The van der Waals surface area contributed by atoms with Crippen LogP contribution in [0, 0.1) is 17.0 Å². The lowest BCUT2D eigenvalue weighted by molar-refractivity contribution is -0.898. The van der Waals surface area contributed by atoms with Gasteiger partial charge in [0.15, 0.2) is 5.69 Å². The fourth-order valence-electron chi connectivity index (χ4n) is 3.80.